The van der Waals surface area contributed by atoms with Crippen molar-refractivity contribution in [3.63, 3.8) is 0 Å². The Labute approximate surface area is 92.5 Å². The molecule has 2 nitrogen and oxygen atoms in total. The fraction of sp³-hybridized carbons (Fsp3) is 0.300. The van der Waals surface area contributed by atoms with Crippen molar-refractivity contribution in [3.05, 3.63) is 29.3 Å². The van der Waals surface area contributed by atoms with Crippen LogP contribution in [-0.4, -0.2) is 10.9 Å². The smallest absolute Gasteiger partial charge is 0.152 e. The van der Waals surface area contributed by atoms with Gasteiger partial charge in [0.05, 0.1) is 0 Å². The molecule has 76 valence electrons. The molecule has 0 saturated carbocycles. The highest BCUT2D eigenvalue weighted by atomic mass is 35.5. The van der Waals surface area contributed by atoms with Gasteiger partial charge in [0.25, 0.3) is 0 Å². The molecule has 1 unspecified atom stereocenters. The topological polar surface area (TPSA) is 37.3 Å². The van der Waals surface area contributed by atoms with E-state index >= 15 is 0 Å². The third-order valence-corrected chi connectivity index (χ3v) is 2.73. The van der Waals surface area contributed by atoms with Crippen LogP contribution < -0.4 is 0 Å². The summed E-state index contributed by atoms with van der Waals surface area (Å²) < 4.78 is 0. The summed E-state index contributed by atoms with van der Waals surface area (Å²) in [6, 6.07) is 4.82. The van der Waals surface area contributed by atoms with Gasteiger partial charge in [0.1, 0.15) is 11.1 Å². The van der Waals surface area contributed by atoms with Gasteiger partial charge in [0, 0.05) is 11.4 Å². The Balaban J connectivity index is 3.11. The number of aromatic hydroxyl groups is 1. The van der Waals surface area contributed by atoms with Crippen LogP contribution >= 0.6 is 23.2 Å². The summed E-state index contributed by atoms with van der Waals surface area (Å²) in [5, 5.41) is 8.66. The lowest BCUT2D eigenvalue weighted by atomic mass is 10.1. The maximum absolute atomic E-state index is 11.0. The molecule has 1 N–H and O–H groups in total. The number of Topliss-reactive ketones (excluding diaryl/α,β-unsaturated/α-hetero) is 1. The Morgan fingerprint density at radius 1 is 1.57 bits per heavy atom. The van der Waals surface area contributed by atoms with E-state index in [2.05, 4.69) is 0 Å². The van der Waals surface area contributed by atoms with Crippen molar-refractivity contribution in [3.8, 4) is 5.75 Å². The molecule has 1 atom stereocenters. The fourth-order valence-corrected chi connectivity index (χ4v) is 1.45. The Hall–Kier alpha value is -0.730. The first-order valence-electron chi connectivity index (χ1n) is 4.08. The third kappa shape index (κ3) is 2.40. The van der Waals surface area contributed by atoms with E-state index < -0.39 is 5.38 Å². The average Bonchev–Trinajstić information content (AvgIpc) is 2.17. The minimum atomic E-state index is -0.807. The molecule has 14 heavy (non-hydrogen) atoms. The van der Waals surface area contributed by atoms with Gasteiger partial charge < -0.3 is 5.11 Å². The first-order valence-corrected chi connectivity index (χ1v) is 5.05. The zero-order valence-electron chi connectivity index (χ0n) is 7.63. The molecule has 0 radical (unpaired) electrons. The highest BCUT2D eigenvalue weighted by Crippen LogP contribution is 2.30. The molecule has 0 saturated heterocycles. The van der Waals surface area contributed by atoms with Gasteiger partial charge in [-0.3, -0.25) is 4.79 Å². The Morgan fingerprint density at radius 2 is 2.21 bits per heavy atom. The van der Waals surface area contributed by atoms with Crippen molar-refractivity contribution in [2.24, 2.45) is 0 Å². The maximum Gasteiger partial charge on any atom is 0.152 e. The molecular formula is C10H10Cl2O2. The number of phenols is 1. The van der Waals surface area contributed by atoms with Gasteiger partial charge in [-0.1, -0.05) is 6.07 Å². The van der Waals surface area contributed by atoms with Crippen LogP contribution in [0, 0.1) is 0 Å². The van der Waals surface area contributed by atoms with Gasteiger partial charge in [-0.15, -0.1) is 23.2 Å². The summed E-state index contributed by atoms with van der Waals surface area (Å²) in [6.45, 7) is 1.38. The van der Waals surface area contributed by atoms with Crippen molar-refractivity contribution in [1.29, 1.82) is 0 Å². The standard InChI is InChI=1S/C10H10Cl2O2/c1-6(13)10(12)8-4-7(5-11)2-3-9(8)14/h2-4,10,14H,5H2,1H3. The molecule has 1 rings (SSSR count). The van der Waals surface area contributed by atoms with E-state index in [-0.39, 0.29) is 11.5 Å². The molecule has 0 aliphatic heterocycles. The van der Waals surface area contributed by atoms with Crippen LogP contribution in [0.4, 0.5) is 0 Å². The van der Waals surface area contributed by atoms with E-state index in [1.807, 2.05) is 0 Å². The van der Waals surface area contributed by atoms with Crippen LogP contribution in [0.25, 0.3) is 0 Å². The van der Waals surface area contributed by atoms with Gasteiger partial charge in [0.15, 0.2) is 5.78 Å². The quantitative estimate of drug-likeness (QED) is 0.814. The summed E-state index contributed by atoms with van der Waals surface area (Å²) in [4.78, 5) is 11.0. The minimum absolute atomic E-state index is 0.0223. The summed E-state index contributed by atoms with van der Waals surface area (Å²) in [5.41, 5.74) is 1.24. The molecule has 0 aliphatic rings. The zero-order valence-corrected chi connectivity index (χ0v) is 9.14. The molecule has 0 amide bonds. The Bertz CT molecular complexity index is 350. The summed E-state index contributed by atoms with van der Waals surface area (Å²) in [7, 11) is 0. The van der Waals surface area contributed by atoms with Crippen molar-refractivity contribution in [2.75, 3.05) is 0 Å². The number of carbonyl (C=O) groups excluding carboxylic acids is 1. The van der Waals surface area contributed by atoms with Gasteiger partial charge in [-0.2, -0.15) is 0 Å². The number of hydrogen-bond donors (Lipinski definition) is 1. The van der Waals surface area contributed by atoms with Crippen LogP contribution in [0.1, 0.15) is 23.4 Å². The molecule has 0 aliphatic carbocycles. The number of alkyl halides is 2. The molecule has 0 spiro atoms. The molecule has 0 bridgehead atoms. The lowest BCUT2D eigenvalue weighted by Crippen LogP contribution is -2.02. The number of rotatable bonds is 3. The van der Waals surface area contributed by atoms with Gasteiger partial charge in [-0.25, -0.2) is 0 Å². The highest BCUT2D eigenvalue weighted by Gasteiger charge is 2.17. The number of benzene rings is 1. The van der Waals surface area contributed by atoms with Crippen LogP contribution in [0.5, 0.6) is 5.75 Å². The van der Waals surface area contributed by atoms with E-state index in [0.29, 0.717) is 11.4 Å². The van der Waals surface area contributed by atoms with Crippen molar-refractivity contribution in [1.82, 2.24) is 0 Å². The number of carbonyl (C=O) groups is 1. The lowest BCUT2D eigenvalue weighted by Gasteiger charge is -2.09. The predicted molar refractivity (Wildman–Crippen MR) is 56.9 cm³/mol. The Kier molecular flexibility index (Phi) is 3.78. The molecule has 0 fully saturated rings. The molecule has 0 aromatic heterocycles. The Morgan fingerprint density at radius 3 is 2.71 bits per heavy atom. The summed E-state index contributed by atoms with van der Waals surface area (Å²) in [5.74, 6) is 0.150. The van der Waals surface area contributed by atoms with Crippen LogP contribution in [0.15, 0.2) is 18.2 Å². The van der Waals surface area contributed by atoms with Crippen molar-refractivity contribution in [2.45, 2.75) is 18.2 Å². The van der Waals surface area contributed by atoms with E-state index in [0.717, 1.165) is 5.56 Å². The van der Waals surface area contributed by atoms with E-state index in [1.54, 1.807) is 12.1 Å². The maximum atomic E-state index is 11.0. The summed E-state index contributed by atoms with van der Waals surface area (Å²) in [6.07, 6.45) is 0. The predicted octanol–water partition coefficient (Wildman–Crippen LogP) is 3.00. The fourth-order valence-electron chi connectivity index (χ4n) is 1.11. The van der Waals surface area contributed by atoms with Crippen LogP contribution in [0.3, 0.4) is 0 Å². The van der Waals surface area contributed by atoms with Crippen molar-refractivity contribution < 1.29 is 9.90 Å². The second-order valence-electron chi connectivity index (χ2n) is 3.00. The first kappa shape index (κ1) is 11.3. The van der Waals surface area contributed by atoms with Crippen LogP contribution in [-0.2, 0) is 10.7 Å². The number of halogens is 2. The highest BCUT2D eigenvalue weighted by molar-refractivity contribution is 6.31. The van der Waals surface area contributed by atoms with Gasteiger partial charge >= 0.3 is 0 Å². The molecule has 1 aromatic carbocycles. The second-order valence-corrected chi connectivity index (χ2v) is 3.70. The van der Waals surface area contributed by atoms with E-state index in [4.69, 9.17) is 23.2 Å². The van der Waals surface area contributed by atoms with Crippen molar-refractivity contribution >= 4 is 29.0 Å². The van der Waals surface area contributed by atoms with E-state index in [1.165, 1.54) is 13.0 Å². The monoisotopic (exact) mass is 232 g/mol. The normalized spacial score (nSPS) is 12.5. The minimum Gasteiger partial charge on any atom is -0.508 e. The molecule has 1 aromatic rings. The van der Waals surface area contributed by atoms with Crippen LogP contribution in [0.2, 0.25) is 0 Å². The summed E-state index contributed by atoms with van der Waals surface area (Å²) >= 11 is 11.4. The molecule has 0 heterocycles. The van der Waals surface area contributed by atoms with E-state index in [9.17, 15) is 9.90 Å². The van der Waals surface area contributed by atoms with Gasteiger partial charge in [0.2, 0.25) is 0 Å². The third-order valence-electron chi connectivity index (χ3n) is 1.88. The SMILES string of the molecule is CC(=O)C(Cl)c1cc(CCl)ccc1O. The number of phenolic OH excluding ortho intramolecular Hbond substituents is 1. The number of ketones is 1. The molecular weight excluding hydrogens is 223 g/mol. The van der Waals surface area contributed by atoms with Gasteiger partial charge in [-0.05, 0) is 24.6 Å². The largest absolute Gasteiger partial charge is 0.508 e. The number of hydrogen-bond acceptors (Lipinski definition) is 2. The zero-order chi connectivity index (χ0) is 10.7. The average molecular weight is 233 g/mol. The first-order chi connectivity index (χ1) is 6.56. The lowest BCUT2D eigenvalue weighted by molar-refractivity contribution is -0.116. The second kappa shape index (κ2) is 4.67. The molecule has 4 heteroatoms.